The zero-order chi connectivity index (χ0) is 14.6. The summed E-state index contributed by atoms with van der Waals surface area (Å²) in [4.78, 5) is 23.5. The summed E-state index contributed by atoms with van der Waals surface area (Å²) in [6.45, 7) is 5.24. The Bertz CT molecular complexity index is 465. The molecule has 0 spiro atoms. The van der Waals surface area contributed by atoms with Crippen molar-refractivity contribution >= 4 is 23.5 Å². The van der Waals surface area contributed by atoms with Gasteiger partial charge in [-0.25, -0.2) is 4.79 Å². The second kappa shape index (κ2) is 6.06. The number of nitrogens with zero attached hydrogens (tertiary/aromatic N) is 2. The van der Waals surface area contributed by atoms with Gasteiger partial charge < -0.3 is 10.1 Å². The number of hydrogen-bond acceptors (Lipinski definition) is 4. The van der Waals surface area contributed by atoms with E-state index in [2.05, 4.69) is 10.4 Å². The van der Waals surface area contributed by atoms with E-state index < -0.39 is 17.7 Å². The highest BCUT2D eigenvalue weighted by atomic mass is 35.5. The number of alkyl carbamates (subject to hydrolysis) is 1. The van der Waals surface area contributed by atoms with E-state index in [0.717, 1.165) is 0 Å². The van der Waals surface area contributed by atoms with Crippen LogP contribution >= 0.6 is 11.6 Å². The Balaban J connectivity index is 2.82. The van der Waals surface area contributed by atoms with Crippen LogP contribution in [-0.2, 0) is 16.6 Å². The molecular weight excluding hydrogens is 270 g/mol. The third kappa shape index (κ3) is 4.90. The van der Waals surface area contributed by atoms with Crippen molar-refractivity contribution in [2.24, 2.45) is 7.05 Å². The Morgan fingerprint density at radius 3 is 2.58 bits per heavy atom. The predicted molar refractivity (Wildman–Crippen MR) is 71.0 cm³/mol. The third-order valence-corrected chi connectivity index (χ3v) is 2.44. The van der Waals surface area contributed by atoms with Crippen LogP contribution < -0.4 is 5.32 Å². The fraction of sp³-hybridized carbons (Fsp3) is 0.583. The molecule has 0 radical (unpaired) electrons. The third-order valence-electron chi connectivity index (χ3n) is 2.17. The van der Waals surface area contributed by atoms with E-state index in [0.29, 0.717) is 5.56 Å². The van der Waals surface area contributed by atoms with E-state index in [9.17, 15) is 9.59 Å². The first-order valence-electron chi connectivity index (χ1n) is 5.79. The van der Waals surface area contributed by atoms with Crippen molar-refractivity contribution in [3.8, 4) is 0 Å². The first-order valence-corrected chi connectivity index (χ1v) is 6.33. The summed E-state index contributed by atoms with van der Waals surface area (Å²) < 4.78 is 6.66. The number of ether oxygens (including phenoxy) is 1. The van der Waals surface area contributed by atoms with Gasteiger partial charge in [0, 0.05) is 18.8 Å². The highest BCUT2D eigenvalue weighted by molar-refractivity contribution is 6.28. The molecule has 1 rings (SSSR count). The average Bonchev–Trinajstić information content (AvgIpc) is 2.69. The number of carbonyl (C=O) groups is 2. The van der Waals surface area contributed by atoms with Crippen LogP contribution in [0.25, 0.3) is 0 Å². The number of alkyl halides is 1. The van der Waals surface area contributed by atoms with Crippen molar-refractivity contribution < 1.29 is 14.3 Å². The fourth-order valence-corrected chi connectivity index (χ4v) is 1.60. The zero-order valence-electron chi connectivity index (χ0n) is 11.4. The van der Waals surface area contributed by atoms with E-state index in [1.54, 1.807) is 38.7 Å². The number of halogens is 1. The maximum Gasteiger partial charge on any atom is 0.408 e. The van der Waals surface area contributed by atoms with E-state index >= 15 is 0 Å². The molecule has 1 N–H and O–H groups in total. The Labute approximate surface area is 117 Å². The Morgan fingerprint density at radius 1 is 1.53 bits per heavy atom. The lowest BCUT2D eigenvalue weighted by molar-refractivity contribution is -0.118. The molecule has 0 aliphatic heterocycles. The van der Waals surface area contributed by atoms with Crippen molar-refractivity contribution in [1.29, 1.82) is 0 Å². The lowest BCUT2D eigenvalue weighted by Gasteiger charge is -2.22. The monoisotopic (exact) mass is 287 g/mol. The van der Waals surface area contributed by atoms with Gasteiger partial charge in [0.25, 0.3) is 0 Å². The van der Waals surface area contributed by atoms with Crippen LogP contribution in [0.3, 0.4) is 0 Å². The number of ketones is 1. The van der Waals surface area contributed by atoms with Gasteiger partial charge in [0.05, 0.1) is 12.1 Å². The van der Waals surface area contributed by atoms with Gasteiger partial charge in [-0.2, -0.15) is 5.10 Å². The smallest absolute Gasteiger partial charge is 0.408 e. The molecule has 0 aliphatic carbocycles. The van der Waals surface area contributed by atoms with Crippen molar-refractivity contribution in [3.05, 3.63) is 18.0 Å². The van der Waals surface area contributed by atoms with E-state index in [1.165, 1.54) is 6.20 Å². The molecule has 1 aromatic rings. The number of hydrogen-bond donors (Lipinski definition) is 1. The van der Waals surface area contributed by atoms with Crippen LogP contribution in [0.15, 0.2) is 12.4 Å². The first-order chi connectivity index (χ1) is 8.73. The second-order valence-electron chi connectivity index (χ2n) is 5.13. The van der Waals surface area contributed by atoms with E-state index in [-0.39, 0.29) is 11.7 Å². The topological polar surface area (TPSA) is 73.2 Å². The molecule has 1 unspecified atom stereocenters. The van der Waals surface area contributed by atoms with Crippen LogP contribution in [0.5, 0.6) is 0 Å². The number of Topliss-reactive ketones (excluding diaryl/α,β-unsaturated/α-hetero) is 1. The molecule has 0 aliphatic rings. The molecule has 1 aromatic heterocycles. The van der Waals surface area contributed by atoms with Gasteiger partial charge >= 0.3 is 6.09 Å². The summed E-state index contributed by atoms with van der Waals surface area (Å²) in [6.07, 6.45) is 2.48. The van der Waals surface area contributed by atoms with Crippen LogP contribution in [0.4, 0.5) is 4.79 Å². The summed E-state index contributed by atoms with van der Waals surface area (Å²) in [5.74, 6) is -0.518. The average molecular weight is 288 g/mol. The van der Waals surface area contributed by atoms with Gasteiger partial charge in [0.1, 0.15) is 11.6 Å². The van der Waals surface area contributed by atoms with Crippen molar-refractivity contribution in [3.63, 3.8) is 0 Å². The molecule has 0 fully saturated rings. The standard InChI is InChI=1S/C12H18ClN3O3/c1-12(2,3)19-11(18)15-10(9(17)5-13)8-6-14-16(4)7-8/h6-7,10H,5H2,1-4H3,(H,15,18). The summed E-state index contributed by atoms with van der Waals surface area (Å²) in [7, 11) is 1.72. The minimum absolute atomic E-state index is 0.199. The molecule has 1 atom stereocenters. The number of nitrogens with one attached hydrogen (secondary N) is 1. The number of aryl methyl sites for hydroxylation is 1. The molecule has 0 saturated carbocycles. The molecule has 1 amide bonds. The van der Waals surface area contributed by atoms with Crippen LogP contribution in [0, 0.1) is 0 Å². The normalized spacial score (nSPS) is 12.9. The summed E-state index contributed by atoms with van der Waals surface area (Å²) in [6, 6.07) is -0.846. The Hall–Kier alpha value is -1.56. The lowest BCUT2D eigenvalue weighted by Crippen LogP contribution is -2.38. The lowest BCUT2D eigenvalue weighted by atomic mass is 10.1. The maximum absolute atomic E-state index is 11.8. The first kappa shape index (κ1) is 15.5. The predicted octanol–water partition coefficient (Wildman–Crippen LogP) is 1.79. The maximum atomic E-state index is 11.8. The Morgan fingerprint density at radius 2 is 2.16 bits per heavy atom. The van der Waals surface area contributed by atoms with Crippen LogP contribution in [0.1, 0.15) is 32.4 Å². The summed E-state index contributed by atoms with van der Waals surface area (Å²) in [5, 5.41) is 6.47. The molecule has 0 bridgehead atoms. The van der Waals surface area contributed by atoms with Crippen molar-refractivity contribution in [2.45, 2.75) is 32.4 Å². The van der Waals surface area contributed by atoms with Gasteiger partial charge in [-0.05, 0) is 20.8 Å². The van der Waals surface area contributed by atoms with Crippen molar-refractivity contribution in [1.82, 2.24) is 15.1 Å². The minimum atomic E-state index is -0.846. The largest absolute Gasteiger partial charge is 0.444 e. The van der Waals surface area contributed by atoms with Crippen molar-refractivity contribution in [2.75, 3.05) is 5.88 Å². The second-order valence-corrected chi connectivity index (χ2v) is 5.39. The molecule has 0 saturated heterocycles. The van der Waals surface area contributed by atoms with Gasteiger partial charge in [-0.15, -0.1) is 11.6 Å². The SMILES string of the molecule is Cn1cc(C(NC(=O)OC(C)(C)C)C(=O)CCl)cn1. The minimum Gasteiger partial charge on any atom is -0.444 e. The zero-order valence-corrected chi connectivity index (χ0v) is 12.2. The number of aromatic nitrogens is 2. The van der Waals surface area contributed by atoms with Gasteiger partial charge in [-0.1, -0.05) is 0 Å². The molecule has 19 heavy (non-hydrogen) atoms. The summed E-state index contributed by atoms with van der Waals surface area (Å²) in [5.41, 5.74) is -0.0628. The highest BCUT2D eigenvalue weighted by Gasteiger charge is 2.26. The molecule has 1 heterocycles. The van der Waals surface area contributed by atoms with Gasteiger partial charge in [0.15, 0.2) is 5.78 Å². The number of amides is 1. The van der Waals surface area contributed by atoms with Gasteiger partial charge in [-0.3, -0.25) is 9.48 Å². The molecule has 0 aromatic carbocycles. The molecule has 6 nitrogen and oxygen atoms in total. The van der Waals surface area contributed by atoms with E-state index in [4.69, 9.17) is 16.3 Å². The molecular formula is C12H18ClN3O3. The Kier molecular flexibility index (Phi) is 4.94. The summed E-state index contributed by atoms with van der Waals surface area (Å²) >= 11 is 5.55. The number of carbonyl (C=O) groups excluding carboxylic acids is 2. The van der Waals surface area contributed by atoms with Crippen LogP contribution in [-0.4, -0.2) is 33.1 Å². The van der Waals surface area contributed by atoms with E-state index in [1.807, 2.05) is 0 Å². The van der Waals surface area contributed by atoms with Gasteiger partial charge in [0.2, 0.25) is 0 Å². The molecule has 106 valence electrons. The molecule has 7 heteroatoms. The number of rotatable bonds is 4. The highest BCUT2D eigenvalue weighted by Crippen LogP contribution is 2.15. The van der Waals surface area contributed by atoms with Crippen LogP contribution in [0.2, 0.25) is 0 Å². The fourth-order valence-electron chi connectivity index (χ4n) is 1.44. The quantitative estimate of drug-likeness (QED) is 0.857.